The largest absolute Gasteiger partial charge is 0.486 e. The van der Waals surface area contributed by atoms with Crippen LogP contribution in [0.25, 0.3) is 0 Å². The van der Waals surface area contributed by atoms with Crippen molar-refractivity contribution in [2.24, 2.45) is 5.92 Å². The van der Waals surface area contributed by atoms with Crippen LogP contribution in [0.4, 0.5) is 5.69 Å². The van der Waals surface area contributed by atoms with Gasteiger partial charge in [0.15, 0.2) is 11.6 Å². The van der Waals surface area contributed by atoms with Gasteiger partial charge in [0.2, 0.25) is 11.8 Å². The number of nitrogens with zero attached hydrogens (tertiary/aromatic N) is 3. The summed E-state index contributed by atoms with van der Waals surface area (Å²) < 4.78 is 4.95. The molecule has 2 aromatic rings. The van der Waals surface area contributed by atoms with Gasteiger partial charge in [-0.05, 0) is 43.5 Å². The van der Waals surface area contributed by atoms with E-state index < -0.39 is 16.2 Å². The first-order valence-corrected chi connectivity index (χ1v) is 12.7. The van der Waals surface area contributed by atoms with E-state index in [4.69, 9.17) is 33.3 Å². The fraction of sp³-hybridized carbons (Fsp3) is 0.440. The molecule has 1 aromatic carbocycles. The van der Waals surface area contributed by atoms with Crippen LogP contribution in [-0.4, -0.2) is 68.2 Å². The molecule has 1 aromatic heterocycles. The fourth-order valence-electron chi connectivity index (χ4n) is 4.16. The van der Waals surface area contributed by atoms with Crippen LogP contribution < -0.4 is 15.4 Å². The second kappa shape index (κ2) is 11.4. The topological polar surface area (TPSA) is 137 Å². The van der Waals surface area contributed by atoms with Gasteiger partial charge in [0, 0.05) is 49.6 Å². The molecule has 2 heterocycles. The number of carbonyl (C=O) groups is 3. The van der Waals surface area contributed by atoms with E-state index in [9.17, 15) is 14.4 Å². The first kappa shape index (κ1) is 26.8. The first-order chi connectivity index (χ1) is 17.7. The van der Waals surface area contributed by atoms with E-state index in [1.165, 1.54) is 6.92 Å². The number of Topliss-reactive ketones (excluding diaryl/α,β-unsaturated/α-hetero) is 1. The zero-order valence-electron chi connectivity index (χ0n) is 20.3. The standard InChI is InChI=1S/C25H28Cl2N6O4/c1-15(34)23(28)18-10-17(37-14-21-29-7-3-8-30-21)5-6-19(18)31-13-22(35)33-9-2-4-20(33)24(36)32-12-16-11-25(16,26)27/h3,5-8,10,16,20,28,31H,2,4,9,11-14H2,1H3,(H,32,36)/t16-,20-/m0/s1. The smallest absolute Gasteiger partial charge is 0.242 e. The third kappa shape index (κ3) is 6.75. The van der Waals surface area contributed by atoms with Crippen LogP contribution in [0.3, 0.4) is 0 Å². The van der Waals surface area contributed by atoms with Gasteiger partial charge in [-0.1, -0.05) is 0 Å². The Morgan fingerprint density at radius 1 is 1.24 bits per heavy atom. The highest BCUT2D eigenvalue weighted by molar-refractivity contribution is 6.50. The zero-order valence-corrected chi connectivity index (χ0v) is 21.8. The van der Waals surface area contributed by atoms with Gasteiger partial charge >= 0.3 is 0 Å². The molecule has 37 heavy (non-hydrogen) atoms. The quantitative estimate of drug-likeness (QED) is 0.291. The van der Waals surface area contributed by atoms with Gasteiger partial charge in [-0.2, -0.15) is 0 Å². The van der Waals surface area contributed by atoms with Gasteiger partial charge in [0.05, 0.1) is 6.54 Å². The number of ether oxygens (including phenoxy) is 1. The molecule has 10 nitrogen and oxygen atoms in total. The molecule has 4 rings (SSSR count). The van der Waals surface area contributed by atoms with E-state index in [1.807, 2.05) is 0 Å². The first-order valence-electron chi connectivity index (χ1n) is 12.0. The number of halogens is 2. The summed E-state index contributed by atoms with van der Waals surface area (Å²) in [5.74, 6) is 0.0383. The number of rotatable bonds is 11. The molecule has 1 aliphatic carbocycles. The third-order valence-corrected chi connectivity index (χ3v) is 7.31. The number of ketones is 1. The summed E-state index contributed by atoms with van der Waals surface area (Å²) in [6, 6.07) is 6.03. The van der Waals surface area contributed by atoms with Crippen LogP contribution in [0.2, 0.25) is 0 Å². The molecule has 2 atom stereocenters. The number of hydrogen-bond acceptors (Lipinski definition) is 8. The molecule has 2 amide bonds. The fourth-order valence-corrected chi connectivity index (χ4v) is 4.69. The predicted molar refractivity (Wildman–Crippen MR) is 139 cm³/mol. The summed E-state index contributed by atoms with van der Waals surface area (Å²) in [5.41, 5.74) is 0.522. The second-order valence-electron chi connectivity index (χ2n) is 9.10. The molecule has 0 unspecified atom stereocenters. The van der Waals surface area contributed by atoms with Crippen LogP contribution >= 0.6 is 23.2 Å². The SMILES string of the molecule is CC(=O)C(=N)c1cc(OCc2ncccn2)ccc1NCC(=O)N1CCC[C@H]1C(=O)NC[C@@H]1CC1(Cl)Cl. The number of anilines is 1. The maximum absolute atomic E-state index is 13.0. The van der Waals surface area contributed by atoms with Crippen molar-refractivity contribution in [3.05, 3.63) is 48.0 Å². The summed E-state index contributed by atoms with van der Waals surface area (Å²) in [6.07, 6.45) is 5.15. The molecule has 0 spiro atoms. The molecule has 2 aliphatic rings. The lowest BCUT2D eigenvalue weighted by atomic mass is 10.0. The Bertz CT molecular complexity index is 1190. The number of hydrogen-bond donors (Lipinski definition) is 3. The molecular weight excluding hydrogens is 519 g/mol. The minimum absolute atomic E-state index is 0.0224. The van der Waals surface area contributed by atoms with Crippen LogP contribution in [-0.2, 0) is 21.0 Å². The summed E-state index contributed by atoms with van der Waals surface area (Å²) in [6.45, 7) is 2.17. The van der Waals surface area contributed by atoms with Gasteiger partial charge < -0.3 is 20.3 Å². The predicted octanol–water partition coefficient (Wildman–Crippen LogP) is 2.73. The van der Waals surface area contributed by atoms with Gasteiger partial charge in [0.1, 0.15) is 28.4 Å². The highest BCUT2D eigenvalue weighted by atomic mass is 35.5. The molecule has 2 fully saturated rings. The Balaban J connectivity index is 1.38. The zero-order chi connectivity index (χ0) is 26.6. The molecule has 1 saturated heterocycles. The van der Waals surface area contributed by atoms with E-state index in [1.54, 1.807) is 41.6 Å². The van der Waals surface area contributed by atoms with Crippen molar-refractivity contribution < 1.29 is 19.1 Å². The van der Waals surface area contributed by atoms with Gasteiger partial charge in [-0.15, -0.1) is 23.2 Å². The van der Waals surface area contributed by atoms with Crippen molar-refractivity contribution in [3.63, 3.8) is 0 Å². The number of alkyl halides is 2. The maximum atomic E-state index is 13.0. The highest BCUT2D eigenvalue weighted by Crippen LogP contribution is 2.52. The number of likely N-dealkylation sites (tertiary alicyclic amines) is 1. The van der Waals surface area contributed by atoms with E-state index >= 15 is 0 Å². The van der Waals surface area contributed by atoms with Crippen molar-refractivity contribution in [3.8, 4) is 5.75 Å². The Kier molecular flexibility index (Phi) is 8.29. The Labute approximate surface area is 224 Å². The minimum Gasteiger partial charge on any atom is -0.486 e. The summed E-state index contributed by atoms with van der Waals surface area (Å²) in [4.78, 5) is 47.4. The van der Waals surface area contributed by atoms with Gasteiger partial charge in [0.25, 0.3) is 0 Å². The van der Waals surface area contributed by atoms with Crippen molar-refractivity contribution in [2.45, 2.75) is 43.2 Å². The molecule has 0 bridgehead atoms. The lowest BCUT2D eigenvalue weighted by Gasteiger charge is -2.24. The Hall–Kier alpha value is -3.24. The number of benzene rings is 1. The van der Waals surface area contributed by atoms with Crippen molar-refractivity contribution in [1.82, 2.24) is 20.2 Å². The molecule has 3 N–H and O–H groups in total. The monoisotopic (exact) mass is 546 g/mol. The van der Waals surface area contributed by atoms with Gasteiger partial charge in [-0.25, -0.2) is 9.97 Å². The van der Waals surface area contributed by atoms with E-state index in [0.717, 1.165) is 6.42 Å². The number of amides is 2. The average Bonchev–Trinajstić information content (AvgIpc) is 3.26. The van der Waals surface area contributed by atoms with Crippen LogP contribution in [0.1, 0.15) is 37.6 Å². The van der Waals surface area contributed by atoms with Crippen molar-refractivity contribution >= 4 is 52.2 Å². The second-order valence-corrected chi connectivity index (χ2v) is 10.6. The summed E-state index contributed by atoms with van der Waals surface area (Å²) in [5, 5.41) is 14.1. The summed E-state index contributed by atoms with van der Waals surface area (Å²) in [7, 11) is 0. The van der Waals surface area contributed by atoms with E-state index in [2.05, 4.69) is 20.6 Å². The lowest BCUT2D eigenvalue weighted by Crippen LogP contribution is -2.48. The van der Waals surface area contributed by atoms with Crippen molar-refractivity contribution in [1.29, 1.82) is 5.41 Å². The van der Waals surface area contributed by atoms with E-state index in [0.29, 0.717) is 48.8 Å². The van der Waals surface area contributed by atoms with Crippen LogP contribution in [0.15, 0.2) is 36.7 Å². The van der Waals surface area contributed by atoms with Crippen LogP contribution in [0.5, 0.6) is 5.75 Å². The number of carbonyl (C=O) groups excluding carboxylic acids is 3. The molecular formula is C25H28Cl2N6O4. The van der Waals surface area contributed by atoms with Crippen molar-refractivity contribution in [2.75, 3.05) is 25.0 Å². The summed E-state index contributed by atoms with van der Waals surface area (Å²) >= 11 is 12.1. The minimum atomic E-state index is -0.774. The molecule has 0 radical (unpaired) electrons. The van der Waals surface area contributed by atoms with Crippen LogP contribution in [0, 0.1) is 11.3 Å². The Morgan fingerprint density at radius 3 is 2.65 bits per heavy atom. The number of aromatic nitrogens is 2. The molecule has 12 heteroatoms. The molecule has 196 valence electrons. The lowest BCUT2D eigenvalue weighted by molar-refractivity contribution is -0.137. The number of nitrogens with one attached hydrogen (secondary N) is 3. The highest BCUT2D eigenvalue weighted by Gasteiger charge is 2.51. The Morgan fingerprint density at radius 2 is 1.97 bits per heavy atom. The normalized spacial score (nSPS) is 19.7. The molecule has 1 aliphatic heterocycles. The molecule has 1 saturated carbocycles. The maximum Gasteiger partial charge on any atom is 0.242 e. The van der Waals surface area contributed by atoms with Gasteiger partial charge in [-0.3, -0.25) is 19.8 Å². The average molecular weight is 547 g/mol. The third-order valence-electron chi connectivity index (χ3n) is 6.38. The van der Waals surface area contributed by atoms with E-state index in [-0.39, 0.29) is 36.6 Å².